The van der Waals surface area contributed by atoms with E-state index in [4.69, 9.17) is 9.47 Å². The molecular weight excluding hydrogens is 302 g/mol. The molecule has 7 heteroatoms. The normalized spacial score (nSPS) is 9.96. The molecule has 0 radical (unpaired) electrons. The van der Waals surface area contributed by atoms with Crippen molar-refractivity contribution in [2.45, 2.75) is 6.92 Å². The predicted octanol–water partition coefficient (Wildman–Crippen LogP) is 2.99. The Morgan fingerprint density at radius 2 is 1.83 bits per heavy atom. The monoisotopic (exact) mass is 315 g/mol. The molecule has 2 rings (SSSR count). The molecule has 0 unspecified atom stereocenters. The molecule has 7 nitrogen and oxygen atoms in total. The summed E-state index contributed by atoms with van der Waals surface area (Å²) in [6.07, 6.45) is 0. The van der Waals surface area contributed by atoms with Crippen LogP contribution >= 0.6 is 0 Å². The first-order valence-electron chi connectivity index (χ1n) is 6.75. The van der Waals surface area contributed by atoms with Crippen LogP contribution in [0, 0.1) is 10.1 Å². The van der Waals surface area contributed by atoms with Crippen LogP contribution in [0.3, 0.4) is 0 Å². The maximum absolute atomic E-state index is 12.1. The van der Waals surface area contributed by atoms with E-state index in [0.29, 0.717) is 0 Å². The molecule has 0 bridgehead atoms. The Labute approximate surface area is 131 Å². The fourth-order valence-electron chi connectivity index (χ4n) is 1.87. The molecule has 0 amide bonds. The first-order chi connectivity index (χ1) is 11.0. The van der Waals surface area contributed by atoms with Gasteiger partial charge in [-0.2, -0.15) is 0 Å². The van der Waals surface area contributed by atoms with Crippen LogP contribution in [-0.2, 0) is 4.74 Å². The molecule has 0 aliphatic rings. The molecule has 0 heterocycles. The fourth-order valence-corrected chi connectivity index (χ4v) is 1.87. The van der Waals surface area contributed by atoms with E-state index < -0.39 is 16.9 Å². The third-order valence-corrected chi connectivity index (χ3v) is 2.88. The minimum atomic E-state index is -0.877. The van der Waals surface area contributed by atoms with Gasteiger partial charge in [0, 0.05) is 6.07 Å². The molecular formula is C16H13NO6. The van der Waals surface area contributed by atoms with Gasteiger partial charge in [0.1, 0.15) is 11.3 Å². The van der Waals surface area contributed by atoms with Crippen LogP contribution in [0.5, 0.6) is 5.75 Å². The molecule has 2 aromatic carbocycles. The number of carbonyl (C=O) groups excluding carboxylic acids is 2. The number of benzene rings is 2. The first-order valence-corrected chi connectivity index (χ1v) is 6.75. The van der Waals surface area contributed by atoms with Crippen molar-refractivity contribution in [2.24, 2.45) is 0 Å². The number of nitro benzene ring substituents is 1. The summed E-state index contributed by atoms with van der Waals surface area (Å²) in [5.41, 5.74) is -0.294. The van der Waals surface area contributed by atoms with Gasteiger partial charge in [0.25, 0.3) is 5.69 Å². The van der Waals surface area contributed by atoms with Crippen LogP contribution in [0.2, 0.25) is 0 Å². The van der Waals surface area contributed by atoms with Crippen LogP contribution in [0.1, 0.15) is 27.6 Å². The number of carbonyl (C=O) groups is 2. The van der Waals surface area contributed by atoms with Crippen LogP contribution in [0.25, 0.3) is 0 Å². The Bertz CT molecular complexity index is 756. The zero-order valence-electron chi connectivity index (χ0n) is 12.2. The second kappa shape index (κ2) is 7.17. The van der Waals surface area contributed by atoms with Gasteiger partial charge in [-0.25, -0.2) is 9.59 Å². The topological polar surface area (TPSA) is 95.7 Å². The summed E-state index contributed by atoms with van der Waals surface area (Å²) in [7, 11) is 0. The van der Waals surface area contributed by atoms with E-state index in [2.05, 4.69) is 0 Å². The minimum absolute atomic E-state index is 0.0960. The van der Waals surface area contributed by atoms with Crippen molar-refractivity contribution in [3.05, 3.63) is 69.8 Å². The van der Waals surface area contributed by atoms with E-state index >= 15 is 0 Å². The highest BCUT2D eigenvalue weighted by atomic mass is 16.6. The Kier molecular flexibility index (Phi) is 5.03. The molecule has 23 heavy (non-hydrogen) atoms. The maximum atomic E-state index is 12.1. The molecule has 0 fully saturated rings. The number of para-hydroxylation sites is 1. The molecule has 0 spiro atoms. The summed E-state index contributed by atoms with van der Waals surface area (Å²) in [6.45, 7) is 1.90. The van der Waals surface area contributed by atoms with E-state index in [9.17, 15) is 19.7 Å². The summed E-state index contributed by atoms with van der Waals surface area (Å²) in [6, 6.07) is 11.3. The molecule has 0 N–H and O–H groups in total. The Balaban J connectivity index is 2.23. The van der Waals surface area contributed by atoms with Crippen LogP contribution in [0.15, 0.2) is 48.5 Å². The lowest BCUT2D eigenvalue weighted by Gasteiger charge is -2.07. The first kappa shape index (κ1) is 16.2. The second-order valence-electron chi connectivity index (χ2n) is 4.41. The van der Waals surface area contributed by atoms with Gasteiger partial charge in [-0.15, -0.1) is 0 Å². The molecule has 0 aromatic heterocycles. The van der Waals surface area contributed by atoms with Gasteiger partial charge >= 0.3 is 11.9 Å². The number of nitrogens with zero attached hydrogens (tertiary/aromatic N) is 1. The average Bonchev–Trinajstić information content (AvgIpc) is 2.55. The van der Waals surface area contributed by atoms with E-state index in [-0.39, 0.29) is 29.2 Å². The van der Waals surface area contributed by atoms with Crippen LogP contribution in [-0.4, -0.2) is 23.5 Å². The standard InChI is InChI=1S/C16H13NO6/c1-2-22-15(18)11-6-5-7-12(10-11)23-16(19)13-8-3-4-9-14(13)17(20)21/h3-10H,2H2,1H3. The number of hydrogen-bond donors (Lipinski definition) is 0. The largest absolute Gasteiger partial charge is 0.462 e. The van der Waals surface area contributed by atoms with Gasteiger partial charge < -0.3 is 9.47 Å². The number of rotatable bonds is 5. The lowest BCUT2D eigenvalue weighted by atomic mass is 10.2. The third-order valence-electron chi connectivity index (χ3n) is 2.88. The van der Waals surface area contributed by atoms with Gasteiger partial charge in [0.2, 0.25) is 0 Å². The summed E-state index contributed by atoms with van der Waals surface area (Å²) in [5.74, 6) is -1.33. The van der Waals surface area contributed by atoms with E-state index in [1.54, 1.807) is 6.92 Å². The summed E-state index contributed by atoms with van der Waals surface area (Å²) >= 11 is 0. The highest BCUT2D eigenvalue weighted by Crippen LogP contribution is 2.21. The summed E-state index contributed by atoms with van der Waals surface area (Å²) in [5, 5.41) is 10.9. The van der Waals surface area contributed by atoms with Crippen LogP contribution < -0.4 is 4.74 Å². The van der Waals surface area contributed by atoms with Crippen molar-refractivity contribution in [1.29, 1.82) is 0 Å². The number of hydrogen-bond acceptors (Lipinski definition) is 6. The van der Waals surface area contributed by atoms with Crippen molar-refractivity contribution in [3.8, 4) is 5.75 Å². The predicted molar refractivity (Wildman–Crippen MR) is 80.5 cm³/mol. The van der Waals surface area contributed by atoms with Gasteiger partial charge in [0.05, 0.1) is 17.1 Å². The number of ether oxygens (including phenoxy) is 2. The van der Waals surface area contributed by atoms with E-state index in [1.807, 2.05) is 0 Å². The van der Waals surface area contributed by atoms with Crippen molar-refractivity contribution in [1.82, 2.24) is 0 Å². The Hall–Kier alpha value is -3.22. The Morgan fingerprint density at radius 1 is 1.09 bits per heavy atom. The molecule has 0 aliphatic heterocycles. The fraction of sp³-hybridized carbons (Fsp3) is 0.125. The molecule has 0 saturated heterocycles. The zero-order chi connectivity index (χ0) is 16.8. The van der Waals surface area contributed by atoms with E-state index in [1.165, 1.54) is 48.5 Å². The minimum Gasteiger partial charge on any atom is -0.462 e. The third kappa shape index (κ3) is 3.91. The van der Waals surface area contributed by atoms with Crippen molar-refractivity contribution in [2.75, 3.05) is 6.61 Å². The van der Waals surface area contributed by atoms with Gasteiger partial charge in [-0.3, -0.25) is 10.1 Å². The highest BCUT2D eigenvalue weighted by molar-refractivity contribution is 5.95. The zero-order valence-corrected chi connectivity index (χ0v) is 12.2. The summed E-state index contributed by atoms with van der Waals surface area (Å²) < 4.78 is 9.96. The molecule has 0 saturated carbocycles. The summed E-state index contributed by atoms with van der Waals surface area (Å²) in [4.78, 5) is 34.0. The molecule has 2 aromatic rings. The molecule has 0 atom stereocenters. The lowest BCUT2D eigenvalue weighted by molar-refractivity contribution is -0.385. The second-order valence-corrected chi connectivity index (χ2v) is 4.41. The number of nitro groups is 1. The van der Waals surface area contributed by atoms with E-state index in [0.717, 1.165) is 0 Å². The highest BCUT2D eigenvalue weighted by Gasteiger charge is 2.21. The lowest BCUT2D eigenvalue weighted by Crippen LogP contribution is -2.11. The molecule has 118 valence electrons. The average molecular weight is 315 g/mol. The van der Waals surface area contributed by atoms with Gasteiger partial charge in [-0.1, -0.05) is 18.2 Å². The van der Waals surface area contributed by atoms with Crippen LogP contribution in [0.4, 0.5) is 5.69 Å². The number of esters is 2. The van der Waals surface area contributed by atoms with Gasteiger partial charge in [0.15, 0.2) is 0 Å². The van der Waals surface area contributed by atoms with Gasteiger partial charge in [-0.05, 0) is 31.2 Å². The maximum Gasteiger partial charge on any atom is 0.350 e. The van der Waals surface area contributed by atoms with Crippen molar-refractivity contribution >= 4 is 17.6 Å². The van der Waals surface area contributed by atoms with Crippen molar-refractivity contribution < 1.29 is 24.0 Å². The smallest absolute Gasteiger partial charge is 0.350 e. The quantitative estimate of drug-likeness (QED) is 0.364. The SMILES string of the molecule is CCOC(=O)c1cccc(OC(=O)c2ccccc2[N+](=O)[O-])c1. The Morgan fingerprint density at radius 3 is 2.52 bits per heavy atom. The van der Waals surface area contributed by atoms with Crippen molar-refractivity contribution in [3.63, 3.8) is 0 Å². The molecule has 0 aliphatic carbocycles.